The monoisotopic (exact) mass is 281 g/mol. The molecule has 1 atom stereocenters. The summed E-state index contributed by atoms with van der Waals surface area (Å²) in [6.45, 7) is 4.33. The number of aryl methyl sites for hydroxylation is 1. The first kappa shape index (κ1) is 13.7. The minimum atomic E-state index is -0.514. The van der Waals surface area contributed by atoms with Crippen LogP contribution in [-0.4, -0.2) is 10.1 Å². The first-order chi connectivity index (χ1) is 10.1. The van der Waals surface area contributed by atoms with Gasteiger partial charge in [-0.05, 0) is 43.2 Å². The van der Waals surface area contributed by atoms with E-state index in [4.69, 9.17) is 4.74 Å². The van der Waals surface area contributed by atoms with Crippen molar-refractivity contribution in [2.45, 2.75) is 26.6 Å². The van der Waals surface area contributed by atoms with Crippen LogP contribution < -0.4 is 4.74 Å². The lowest BCUT2D eigenvalue weighted by Gasteiger charge is -2.08. The summed E-state index contributed by atoms with van der Waals surface area (Å²) in [5, 5.41) is 10.7. The molecule has 2 N–H and O–H groups in total. The average Bonchev–Trinajstić information content (AvgIpc) is 2.90. The summed E-state index contributed by atoms with van der Waals surface area (Å²) in [5.41, 5.74) is 4.07. The van der Waals surface area contributed by atoms with Gasteiger partial charge in [0, 0.05) is 16.6 Å². The van der Waals surface area contributed by atoms with Crippen molar-refractivity contribution in [3.05, 3.63) is 65.4 Å². The Kier molecular flexibility index (Phi) is 3.67. The molecule has 3 aromatic rings. The number of aromatic amines is 1. The minimum Gasteiger partial charge on any atom is -0.488 e. The lowest BCUT2D eigenvalue weighted by molar-refractivity contribution is 0.195. The Morgan fingerprint density at radius 2 is 1.90 bits per heavy atom. The van der Waals surface area contributed by atoms with Crippen LogP contribution >= 0.6 is 0 Å². The molecule has 0 radical (unpaired) electrons. The van der Waals surface area contributed by atoms with Gasteiger partial charge < -0.3 is 14.8 Å². The Bertz CT molecular complexity index is 745. The highest BCUT2D eigenvalue weighted by Crippen LogP contribution is 2.30. The third-order valence-electron chi connectivity index (χ3n) is 3.55. The fraction of sp³-hybridized carbons (Fsp3) is 0.222. The van der Waals surface area contributed by atoms with Gasteiger partial charge in [-0.15, -0.1) is 0 Å². The van der Waals surface area contributed by atoms with E-state index in [0.29, 0.717) is 6.61 Å². The maximum atomic E-state index is 9.72. The first-order valence-electron chi connectivity index (χ1n) is 7.11. The molecule has 108 valence electrons. The van der Waals surface area contributed by atoms with E-state index in [2.05, 4.69) is 11.1 Å². The van der Waals surface area contributed by atoms with Gasteiger partial charge in [-0.25, -0.2) is 0 Å². The van der Waals surface area contributed by atoms with E-state index < -0.39 is 6.10 Å². The number of hydrogen-bond acceptors (Lipinski definition) is 2. The molecule has 0 fully saturated rings. The first-order valence-corrected chi connectivity index (χ1v) is 7.11. The highest BCUT2D eigenvalue weighted by molar-refractivity contribution is 5.87. The number of rotatable bonds is 4. The number of hydrogen-bond donors (Lipinski definition) is 2. The van der Waals surface area contributed by atoms with Crippen LogP contribution in [0, 0.1) is 6.92 Å². The summed E-state index contributed by atoms with van der Waals surface area (Å²) in [7, 11) is 0. The lowest BCUT2D eigenvalue weighted by Crippen LogP contribution is -1.95. The van der Waals surface area contributed by atoms with Crippen molar-refractivity contribution in [2.24, 2.45) is 0 Å². The van der Waals surface area contributed by atoms with Crippen LogP contribution in [0.4, 0.5) is 0 Å². The molecule has 3 nitrogen and oxygen atoms in total. The fourth-order valence-corrected chi connectivity index (χ4v) is 2.44. The largest absolute Gasteiger partial charge is 0.488 e. The normalized spacial score (nSPS) is 12.5. The second-order valence-corrected chi connectivity index (χ2v) is 5.40. The Labute approximate surface area is 124 Å². The summed E-state index contributed by atoms with van der Waals surface area (Å²) in [6.07, 6.45) is -0.514. The van der Waals surface area contributed by atoms with Gasteiger partial charge in [0.2, 0.25) is 0 Å². The van der Waals surface area contributed by atoms with Crippen LogP contribution in [0.25, 0.3) is 10.9 Å². The SMILES string of the molecule is Cc1cc(OCc2ccccc2)c2cc([C@H](C)O)[nH]c2c1. The molecule has 1 aromatic heterocycles. The molecule has 0 bridgehead atoms. The van der Waals surface area contributed by atoms with Gasteiger partial charge in [0.1, 0.15) is 12.4 Å². The van der Waals surface area contributed by atoms with Gasteiger partial charge >= 0.3 is 0 Å². The number of aliphatic hydroxyl groups excluding tert-OH is 1. The standard InChI is InChI=1S/C18H19NO2/c1-12-8-17-15(10-16(19-17)13(2)20)18(9-12)21-11-14-6-4-3-5-7-14/h3-10,13,19-20H,11H2,1-2H3/t13-/m0/s1. The predicted octanol–water partition coefficient (Wildman–Crippen LogP) is 4.11. The number of fused-ring (bicyclic) bond motifs is 1. The van der Waals surface area contributed by atoms with Crippen molar-refractivity contribution in [1.29, 1.82) is 0 Å². The zero-order valence-electron chi connectivity index (χ0n) is 12.3. The molecule has 2 aromatic carbocycles. The van der Waals surface area contributed by atoms with Gasteiger partial charge in [0.15, 0.2) is 0 Å². The van der Waals surface area contributed by atoms with Crippen LogP contribution in [0.1, 0.15) is 29.8 Å². The van der Waals surface area contributed by atoms with E-state index >= 15 is 0 Å². The molecule has 0 saturated carbocycles. The highest BCUT2D eigenvalue weighted by Gasteiger charge is 2.11. The minimum absolute atomic E-state index is 0.514. The topological polar surface area (TPSA) is 45.2 Å². The molecule has 3 rings (SSSR count). The summed E-state index contributed by atoms with van der Waals surface area (Å²) in [4.78, 5) is 3.24. The Balaban J connectivity index is 1.93. The van der Waals surface area contributed by atoms with Crippen molar-refractivity contribution in [3.8, 4) is 5.75 Å². The number of H-pyrrole nitrogens is 1. The lowest BCUT2D eigenvalue weighted by atomic mass is 10.1. The summed E-state index contributed by atoms with van der Waals surface area (Å²) in [6, 6.07) is 16.2. The van der Waals surface area contributed by atoms with E-state index in [1.807, 2.05) is 49.4 Å². The van der Waals surface area contributed by atoms with E-state index in [1.165, 1.54) is 0 Å². The van der Waals surface area contributed by atoms with Crippen LogP contribution in [0.3, 0.4) is 0 Å². The zero-order chi connectivity index (χ0) is 14.8. The third kappa shape index (κ3) is 2.93. The Hall–Kier alpha value is -2.26. The van der Waals surface area contributed by atoms with Crippen molar-refractivity contribution in [3.63, 3.8) is 0 Å². The molecule has 0 aliphatic rings. The maximum Gasteiger partial charge on any atom is 0.129 e. The molecule has 1 heterocycles. The molecule has 0 saturated heterocycles. The zero-order valence-corrected chi connectivity index (χ0v) is 12.3. The van der Waals surface area contributed by atoms with Gasteiger partial charge in [0.25, 0.3) is 0 Å². The van der Waals surface area contributed by atoms with Gasteiger partial charge in [0.05, 0.1) is 6.10 Å². The average molecular weight is 281 g/mol. The quantitative estimate of drug-likeness (QED) is 0.756. The van der Waals surface area contributed by atoms with Gasteiger partial charge in [-0.3, -0.25) is 0 Å². The molecule has 21 heavy (non-hydrogen) atoms. The van der Waals surface area contributed by atoms with Crippen LogP contribution in [0.5, 0.6) is 5.75 Å². The van der Waals surface area contributed by atoms with Crippen LogP contribution in [0.15, 0.2) is 48.5 Å². The fourth-order valence-electron chi connectivity index (χ4n) is 2.44. The van der Waals surface area contributed by atoms with Crippen LogP contribution in [-0.2, 0) is 6.61 Å². The number of benzene rings is 2. The van der Waals surface area contributed by atoms with E-state index in [1.54, 1.807) is 6.92 Å². The number of ether oxygens (including phenoxy) is 1. The molecule has 0 spiro atoms. The number of aliphatic hydroxyl groups is 1. The molecule has 0 aliphatic heterocycles. The molecule has 0 unspecified atom stereocenters. The summed E-state index contributed by atoms with van der Waals surface area (Å²) in [5.74, 6) is 0.844. The van der Waals surface area contributed by atoms with Crippen molar-refractivity contribution in [1.82, 2.24) is 4.98 Å². The van der Waals surface area contributed by atoms with E-state index in [0.717, 1.165) is 33.5 Å². The Morgan fingerprint density at radius 1 is 1.14 bits per heavy atom. The molecular formula is C18H19NO2. The third-order valence-corrected chi connectivity index (χ3v) is 3.55. The molecule has 0 aliphatic carbocycles. The number of nitrogens with one attached hydrogen (secondary N) is 1. The van der Waals surface area contributed by atoms with Gasteiger partial charge in [-0.2, -0.15) is 0 Å². The molecule has 0 amide bonds. The molecular weight excluding hydrogens is 262 g/mol. The van der Waals surface area contributed by atoms with Crippen molar-refractivity contribution < 1.29 is 9.84 Å². The maximum absolute atomic E-state index is 9.72. The number of aromatic nitrogens is 1. The summed E-state index contributed by atoms with van der Waals surface area (Å²) >= 11 is 0. The Morgan fingerprint density at radius 3 is 2.62 bits per heavy atom. The summed E-state index contributed by atoms with van der Waals surface area (Å²) < 4.78 is 5.98. The van der Waals surface area contributed by atoms with E-state index in [9.17, 15) is 5.11 Å². The smallest absolute Gasteiger partial charge is 0.129 e. The highest BCUT2D eigenvalue weighted by atomic mass is 16.5. The molecule has 3 heteroatoms. The van der Waals surface area contributed by atoms with E-state index in [-0.39, 0.29) is 0 Å². The van der Waals surface area contributed by atoms with Crippen molar-refractivity contribution >= 4 is 10.9 Å². The van der Waals surface area contributed by atoms with Crippen molar-refractivity contribution in [2.75, 3.05) is 0 Å². The predicted molar refractivity (Wildman–Crippen MR) is 84.4 cm³/mol. The van der Waals surface area contributed by atoms with Crippen LogP contribution in [0.2, 0.25) is 0 Å². The second kappa shape index (κ2) is 5.62. The van der Waals surface area contributed by atoms with Gasteiger partial charge in [-0.1, -0.05) is 30.3 Å². The second-order valence-electron chi connectivity index (χ2n) is 5.40.